The minimum atomic E-state index is 0.379. The van der Waals surface area contributed by atoms with Gasteiger partial charge in [0.15, 0.2) is 0 Å². The van der Waals surface area contributed by atoms with Crippen molar-refractivity contribution < 1.29 is 0 Å². The Hall–Kier alpha value is -1.39. The van der Waals surface area contributed by atoms with Crippen molar-refractivity contribution >= 4 is 28.3 Å². The first-order valence-electron chi connectivity index (χ1n) is 8.03. The molecule has 4 nitrogen and oxygen atoms in total. The van der Waals surface area contributed by atoms with Gasteiger partial charge >= 0.3 is 0 Å². The number of anilines is 1. The van der Waals surface area contributed by atoms with E-state index in [-0.39, 0.29) is 0 Å². The molecule has 120 valence electrons. The van der Waals surface area contributed by atoms with Gasteiger partial charge in [-0.05, 0) is 57.6 Å². The van der Waals surface area contributed by atoms with Gasteiger partial charge < -0.3 is 10.2 Å². The molecule has 5 heteroatoms. The number of hydrogen-bond donors (Lipinski definition) is 1. The topological polar surface area (TPSA) is 41.0 Å². The summed E-state index contributed by atoms with van der Waals surface area (Å²) in [7, 11) is 0. The summed E-state index contributed by atoms with van der Waals surface area (Å²) in [4.78, 5) is 11.1. The van der Waals surface area contributed by atoms with Gasteiger partial charge in [0.05, 0.1) is 5.52 Å². The fraction of sp³-hybridized carbons (Fsp3) is 0.529. The maximum Gasteiger partial charge on any atom is 0.137 e. The Labute approximate surface area is 137 Å². The molecule has 0 radical (unpaired) electrons. The molecule has 2 rings (SSSR count). The van der Waals surface area contributed by atoms with Crippen LogP contribution in [0.3, 0.4) is 0 Å². The fourth-order valence-corrected chi connectivity index (χ4v) is 2.78. The molecule has 0 saturated carbocycles. The third-order valence-electron chi connectivity index (χ3n) is 3.99. The van der Waals surface area contributed by atoms with Gasteiger partial charge in [0.25, 0.3) is 0 Å². The molecule has 1 heterocycles. The van der Waals surface area contributed by atoms with Crippen molar-refractivity contribution in [2.45, 2.75) is 39.7 Å². The van der Waals surface area contributed by atoms with E-state index in [1.54, 1.807) is 6.33 Å². The first-order valence-corrected chi connectivity index (χ1v) is 8.41. The van der Waals surface area contributed by atoms with Crippen LogP contribution < -0.4 is 5.32 Å². The van der Waals surface area contributed by atoms with Gasteiger partial charge in [-0.25, -0.2) is 9.97 Å². The second-order valence-corrected chi connectivity index (χ2v) is 6.03. The van der Waals surface area contributed by atoms with E-state index < -0.39 is 0 Å². The molecule has 0 bridgehead atoms. The maximum atomic E-state index is 6.02. The molecular formula is C17H25ClN4. The molecule has 1 aromatic heterocycles. The number of nitrogens with zero attached hydrogens (tertiary/aromatic N) is 3. The van der Waals surface area contributed by atoms with Crippen molar-refractivity contribution in [1.82, 2.24) is 14.9 Å². The Balaban J connectivity index is 1.95. The number of benzene rings is 1. The largest absolute Gasteiger partial charge is 0.367 e. The zero-order valence-corrected chi connectivity index (χ0v) is 14.4. The van der Waals surface area contributed by atoms with Gasteiger partial charge in [0, 0.05) is 16.5 Å². The zero-order valence-electron chi connectivity index (χ0n) is 13.6. The Morgan fingerprint density at radius 3 is 2.73 bits per heavy atom. The molecule has 0 aliphatic carbocycles. The average Bonchev–Trinajstić information content (AvgIpc) is 2.51. The van der Waals surface area contributed by atoms with Crippen LogP contribution in [0.1, 0.15) is 33.6 Å². The highest BCUT2D eigenvalue weighted by molar-refractivity contribution is 6.31. The Morgan fingerprint density at radius 1 is 1.23 bits per heavy atom. The highest BCUT2D eigenvalue weighted by Crippen LogP contribution is 2.23. The lowest BCUT2D eigenvalue weighted by molar-refractivity contribution is 0.295. The van der Waals surface area contributed by atoms with Gasteiger partial charge in [-0.1, -0.05) is 25.4 Å². The molecule has 1 atom stereocenters. The highest BCUT2D eigenvalue weighted by atomic mass is 35.5. The lowest BCUT2D eigenvalue weighted by Crippen LogP contribution is -2.25. The van der Waals surface area contributed by atoms with E-state index >= 15 is 0 Å². The van der Waals surface area contributed by atoms with E-state index in [1.807, 2.05) is 18.2 Å². The van der Waals surface area contributed by atoms with Gasteiger partial charge in [0.1, 0.15) is 12.1 Å². The molecule has 0 unspecified atom stereocenters. The van der Waals surface area contributed by atoms with Crippen molar-refractivity contribution in [2.24, 2.45) is 0 Å². The van der Waals surface area contributed by atoms with E-state index in [4.69, 9.17) is 11.6 Å². The van der Waals surface area contributed by atoms with Gasteiger partial charge in [-0.3, -0.25) is 0 Å². The average molecular weight is 321 g/mol. The second-order valence-electron chi connectivity index (χ2n) is 5.60. The van der Waals surface area contributed by atoms with Gasteiger partial charge in [0.2, 0.25) is 0 Å². The minimum absolute atomic E-state index is 0.379. The number of halogens is 1. The van der Waals surface area contributed by atoms with Crippen LogP contribution in [0.5, 0.6) is 0 Å². The van der Waals surface area contributed by atoms with Crippen LogP contribution in [-0.2, 0) is 0 Å². The standard InChI is InChI=1S/C17H25ClN4/c1-4-22(5-2)10-6-7-13(3)21-17-15-9-8-14(18)11-16(15)19-12-20-17/h8-9,11-13H,4-7,10H2,1-3H3,(H,19,20,21)/t13-/m1/s1. The van der Waals surface area contributed by atoms with Crippen LogP contribution in [0.4, 0.5) is 5.82 Å². The van der Waals surface area contributed by atoms with Crippen LogP contribution in [0.15, 0.2) is 24.5 Å². The molecule has 22 heavy (non-hydrogen) atoms. The SMILES string of the molecule is CCN(CC)CCC[C@@H](C)Nc1ncnc2cc(Cl)ccc12. The van der Waals surface area contributed by atoms with Crippen molar-refractivity contribution in [1.29, 1.82) is 0 Å². The summed E-state index contributed by atoms with van der Waals surface area (Å²) in [5.74, 6) is 0.886. The molecule has 0 fully saturated rings. The molecule has 1 aromatic carbocycles. The van der Waals surface area contributed by atoms with Crippen molar-refractivity contribution in [3.63, 3.8) is 0 Å². The summed E-state index contributed by atoms with van der Waals surface area (Å²) >= 11 is 6.02. The van der Waals surface area contributed by atoms with Crippen molar-refractivity contribution in [3.8, 4) is 0 Å². The quantitative estimate of drug-likeness (QED) is 0.791. The number of fused-ring (bicyclic) bond motifs is 1. The summed E-state index contributed by atoms with van der Waals surface area (Å²) in [5.41, 5.74) is 0.875. The van der Waals surface area contributed by atoms with Crippen LogP contribution >= 0.6 is 11.6 Å². The van der Waals surface area contributed by atoms with E-state index in [9.17, 15) is 0 Å². The molecule has 0 aliphatic heterocycles. The molecule has 0 amide bonds. The summed E-state index contributed by atoms with van der Waals surface area (Å²) in [6.45, 7) is 10.0. The zero-order chi connectivity index (χ0) is 15.9. The van der Waals surface area contributed by atoms with Gasteiger partial charge in [-0.15, -0.1) is 0 Å². The van der Waals surface area contributed by atoms with Crippen molar-refractivity contribution in [3.05, 3.63) is 29.5 Å². The van der Waals surface area contributed by atoms with Crippen LogP contribution in [-0.4, -0.2) is 40.5 Å². The summed E-state index contributed by atoms with van der Waals surface area (Å²) in [6.07, 6.45) is 3.89. The van der Waals surface area contributed by atoms with E-state index in [1.165, 1.54) is 6.42 Å². The molecule has 0 aliphatic rings. The first-order chi connectivity index (χ1) is 10.6. The Morgan fingerprint density at radius 2 is 2.00 bits per heavy atom. The Kier molecular flexibility index (Phi) is 6.40. The van der Waals surface area contributed by atoms with Gasteiger partial charge in [-0.2, -0.15) is 0 Å². The maximum absolute atomic E-state index is 6.02. The molecule has 0 spiro atoms. The Bertz CT molecular complexity index is 598. The van der Waals surface area contributed by atoms with E-state index in [0.29, 0.717) is 11.1 Å². The van der Waals surface area contributed by atoms with E-state index in [2.05, 4.69) is 41.0 Å². The van der Waals surface area contributed by atoms with E-state index in [0.717, 1.165) is 42.8 Å². The second kappa shape index (κ2) is 8.30. The van der Waals surface area contributed by atoms with Crippen LogP contribution in [0.25, 0.3) is 10.9 Å². The van der Waals surface area contributed by atoms with Crippen LogP contribution in [0, 0.1) is 0 Å². The summed E-state index contributed by atoms with van der Waals surface area (Å²) < 4.78 is 0. The minimum Gasteiger partial charge on any atom is -0.367 e. The monoisotopic (exact) mass is 320 g/mol. The third kappa shape index (κ3) is 4.55. The predicted octanol–water partition coefficient (Wildman–Crippen LogP) is 4.21. The first kappa shape index (κ1) is 17.0. The molecule has 2 aromatic rings. The summed E-state index contributed by atoms with van der Waals surface area (Å²) in [6, 6.07) is 6.10. The normalized spacial score (nSPS) is 12.8. The van der Waals surface area contributed by atoms with Crippen molar-refractivity contribution in [2.75, 3.05) is 25.0 Å². The molecule has 0 saturated heterocycles. The molecular weight excluding hydrogens is 296 g/mol. The number of aromatic nitrogens is 2. The highest BCUT2D eigenvalue weighted by Gasteiger charge is 2.08. The lowest BCUT2D eigenvalue weighted by Gasteiger charge is -2.20. The molecule has 1 N–H and O–H groups in total. The third-order valence-corrected chi connectivity index (χ3v) is 4.22. The smallest absolute Gasteiger partial charge is 0.137 e. The van der Waals surface area contributed by atoms with Crippen LogP contribution in [0.2, 0.25) is 5.02 Å². The lowest BCUT2D eigenvalue weighted by atomic mass is 10.1. The number of rotatable bonds is 8. The summed E-state index contributed by atoms with van der Waals surface area (Å²) in [5, 5.41) is 5.22. The fourth-order valence-electron chi connectivity index (χ4n) is 2.61. The number of nitrogens with one attached hydrogen (secondary N) is 1. The number of hydrogen-bond acceptors (Lipinski definition) is 4. The predicted molar refractivity (Wildman–Crippen MR) is 94.7 cm³/mol.